The van der Waals surface area contributed by atoms with Gasteiger partial charge in [0, 0.05) is 30.1 Å². The van der Waals surface area contributed by atoms with Crippen molar-refractivity contribution in [2.24, 2.45) is 11.8 Å². The summed E-state index contributed by atoms with van der Waals surface area (Å²) in [7, 11) is 0. The molecule has 3 atom stereocenters. The highest BCUT2D eigenvalue weighted by Crippen LogP contribution is 2.26. The number of fused-ring (bicyclic) bond motifs is 1. The Balaban J connectivity index is 1.75. The monoisotopic (exact) mass is 466 g/mol. The maximum atomic E-state index is 13.4. The lowest BCUT2D eigenvalue weighted by molar-refractivity contribution is -0.127. The molecule has 0 bridgehead atoms. The molecule has 1 aromatic carbocycles. The second-order valence-corrected chi connectivity index (χ2v) is 9.64. The summed E-state index contributed by atoms with van der Waals surface area (Å²) in [5.74, 6) is -0.317. The molecule has 0 saturated heterocycles. The molecule has 2 N–H and O–H groups in total. The van der Waals surface area contributed by atoms with E-state index in [-0.39, 0.29) is 23.8 Å². The zero-order valence-electron chi connectivity index (χ0n) is 20.7. The highest BCUT2D eigenvalue weighted by atomic mass is 16.5. The third-order valence-corrected chi connectivity index (χ3v) is 6.45. The van der Waals surface area contributed by atoms with Crippen LogP contribution < -0.4 is 10.6 Å². The topological polar surface area (TPSA) is 96.2 Å². The number of carbonyl (C=O) groups excluding carboxylic acids is 2. The molecule has 1 saturated carbocycles. The van der Waals surface area contributed by atoms with Gasteiger partial charge in [0.15, 0.2) is 0 Å². The second kappa shape index (κ2) is 12.6. The van der Waals surface area contributed by atoms with Gasteiger partial charge in [0.2, 0.25) is 5.91 Å². The van der Waals surface area contributed by atoms with Crippen LogP contribution in [0.4, 0.5) is 0 Å². The van der Waals surface area contributed by atoms with Crippen molar-refractivity contribution in [2.45, 2.75) is 77.9 Å². The number of benzene rings is 1. The Labute approximate surface area is 202 Å². The van der Waals surface area contributed by atoms with Crippen molar-refractivity contribution in [1.82, 2.24) is 15.2 Å². The lowest BCUT2D eigenvalue weighted by atomic mass is 9.83. The van der Waals surface area contributed by atoms with E-state index in [9.17, 15) is 14.9 Å². The Kier molecular flexibility index (Phi) is 9.52. The average Bonchev–Trinajstić information content (AvgIpc) is 3.20. The molecule has 1 aromatic heterocycles. The van der Waals surface area contributed by atoms with Gasteiger partial charge in [-0.1, -0.05) is 51.8 Å². The number of ether oxygens (including phenoxy) is 1. The number of nitrogens with zero attached hydrogens (tertiary/aromatic N) is 2. The van der Waals surface area contributed by atoms with Crippen LogP contribution in [0.15, 0.2) is 30.3 Å². The van der Waals surface area contributed by atoms with E-state index in [1.165, 1.54) is 0 Å². The molecule has 0 radical (unpaired) electrons. The third-order valence-electron chi connectivity index (χ3n) is 6.45. The van der Waals surface area contributed by atoms with Crippen molar-refractivity contribution in [1.29, 1.82) is 5.26 Å². The summed E-state index contributed by atoms with van der Waals surface area (Å²) in [5.41, 5.74) is 1.58. The van der Waals surface area contributed by atoms with Gasteiger partial charge < -0.3 is 19.9 Å². The summed E-state index contributed by atoms with van der Waals surface area (Å²) < 4.78 is 7.69. The van der Waals surface area contributed by atoms with Gasteiger partial charge in [-0.3, -0.25) is 9.59 Å². The van der Waals surface area contributed by atoms with E-state index < -0.39 is 6.04 Å². The smallest absolute Gasteiger partial charge is 0.268 e. The number of para-hydroxylation sites is 1. The van der Waals surface area contributed by atoms with Gasteiger partial charge in [-0.25, -0.2) is 0 Å². The van der Waals surface area contributed by atoms with Crippen molar-refractivity contribution in [3.05, 3.63) is 36.0 Å². The molecule has 0 aliphatic heterocycles. The highest BCUT2D eigenvalue weighted by Gasteiger charge is 2.33. The van der Waals surface area contributed by atoms with Crippen molar-refractivity contribution in [2.75, 3.05) is 13.2 Å². The quantitative estimate of drug-likeness (QED) is 0.480. The third kappa shape index (κ3) is 6.60. The van der Waals surface area contributed by atoms with E-state index in [1.807, 2.05) is 48.7 Å². The van der Waals surface area contributed by atoms with E-state index >= 15 is 0 Å². The van der Waals surface area contributed by atoms with Crippen LogP contribution in [0.1, 0.15) is 69.8 Å². The van der Waals surface area contributed by atoms with E-state index in [4.69, 9.17) is 4.74 Å². The summed E-state index contributed by atoms with van der Waals surface area (Å²) in [6.07, 6.45) is 4.95. The minimum Gasteiger partial charge on any atom is -0.380 e. The molecule has 1 fully saturated rings. The first kappa shape index (κ1) is 25.8. The van der Waals surface area contributed by atoms with Crippen molar-refractivity contribution in [3.63, 3.8) is 0 Å². The molecule has 3 rings (SSSR count). The van der Waals surface area contributed by atoms with Gasteiger partial charge in [-0.15, -0.1) is 0 Å². The number of hydrogen-bond acceptors (Lipinski definition) is 4. The van der Waals surface area contributed by atoms with Crippen molar-refractivity contribution >= 4 is 22.7 Å². The number of hydrogen-bond donors (Lipinski definition) is 2. The molecule has 1 heterocycles. The highest BCUT2D eigenvalue weighted by molar-refractivity contribution is 5.99. The molecule has 2 aromatic rings. The molecule has 7 nitrogen and oxygen atoms in total. The predicted octanol–water partition coefficient (Wildman–Crippen LogP) is 4.41. The summed E-state index contributed by atoms with van der Waals surface area (Å²) in [6.45, 7) is 7.96. The maximum absolute atomic E-state index is 13.4. The van der Waals surface area contributed by atoms with E-state index in [0.717, 1.165) is 36.6 Å². The molecule has 2 amide bonds. The normalized spacial score (nSPS) is 19.0. The number of nitrogens with one attached hydrogen (secondary N) is 2. The second-order valence-electron chi connectivity index (χ2n) is 9.64. The van der Waals surface area contributed by atoms with Crippen LogP contribution in [0.25, 0.3) is 10.9 Å². The molecule has 1 aliphatic carbocycles. The zero-order chi connectivity index (χ0) is 24.5. The Hall–Kier alpha value is -2.85. The summed E-state index contributed by atoms with van der Waals surface area (Å²) >= 11 is 0. The number of amides is 2. The summed E-state index contributed by atoms with van der Waals surface area (Å²) in [5, 5.41) is 16.5. The van der Waals surface area contributed by atoms with Crippen LogP contribution in [0.5, 0.6) is 0 Å². The Bertz CT molecular complexity index is 1010. The molecular formula is C27H38N4O3. The van der Waals surface area contributed by atoms with Gasteiger partial charge in [-0.05, 0) is 43.7 Å². The molecule has 3 unspecified atom stereocenters. The molecule has 184 valence electrons. The van der Waals surface area contributed by atoms with Gasteiger partial charge >= 0.3 is 0 Å². The van der Waals surface area contributed by atoms with Gasteiger partial charge in [0.05, 0.1) is 18.6 Å². The number of carbonyl (C=O) groups is 2. The van der Waals surface area contributed by atoms with Crippen LogP contribution in [-0.2, 0) is 16.1 Å². The fourth-order valence-corrected chi connectivity index (χ4v) is 4.80. The number of aromatic nitrogens is 1. The fourth-order valence-electron chi connectivity index (χ4n) is 4.80. The zero-order valence-corrected chi connectivity index (χ0v) is 20.7. The maximum Gasteiger partial charge on any atom is 0.268 e. The summed E-state index contributed by atoms with van der Waals surface area (Å²) in [6, 6.07) is 11.3. The number of nitriles is 1. The first-order chi connectivity index (χ1) is 16.4. The minimum absolute atomic E-state index is 0.134. The van der Waals surface area contributed by atoms with Crippen molar-refractivity contribution in [3.8, 4) is 6.07 Å². The van der Waals surface area contributed by atoms with Crippen LogP contribution in [0.3, 0.4) is 0 Å². The van der Waals surface area contributed by atoms with Crippen molar-refractivity contribution < 1.29 is 14.3 Å². The van der Waals surface area contributed by atoms with Gasteiger partial charge in [0.25, 0.3) is 5.91 Å². The van der Waals surface area contributed by atoms with E-state index in [0.29, 0.717) is 44.2 Å². The SMILES string of the molecule is CCCOCCn1c(C(=O)NC2CCCCC2C(=O)NC(C#N)CC(C)C)cc2ccccc21. The minimum atomic E-state index is -0.503. The van der Waals surface area contributed by atoms with Crippen LogP contribution in [0.2, 0.25) is 0 Å². The Morgan fingerprint density at radius 2 is 1.97 bits per heavy atom. The average molecular weight is 467 g/mol. The van der Waals surface area contributed by atoms with Crippen LogP contribution in [-0.4, -0.2) is 41.7 Å². The predicted molar refractivity (Wildman–Crippen MR) is 133 cm³/mol. The lowest BCUT2D eigenvalue weighted by Gasteiger charge is -2.32. The van der Waals surface area contributed by atoms with E-state index in [1.54, 1.807) is 0 Å². The summed E-state index contributed by atoms with van der Waals surface area (Å²) in [4.78, 5) is 26.5. The molecular weight excluding hydrogens is 428 g/mol. The standard InChI is InChI=1S/C27H38N4O3/c1-4-14-34-15-13-31-24-12-8-5-9-20(24)17-25(31)27(33)30-23-11-7-6-10-22(23)26(32)29-21(18-28)16-19(2)3/h5,8-9,12,17,19,21-23H,4,6-7,10-11,13-16H2,1-3H3,(H,29,32)(H,30,33). The fraction of sp³-hybridized carbons (Fsp3) is 0.593. The van der Waals surface area contributed by atoms with Gasteiger partial charge in [0.1, 0.15) is 11.7 Å². The first-order valence-corrected chi connectivity index (χ1v) is 12.6. The van der Waals surface area contributed by atoms with Crippen LogP contribution >= 0.6 is 0 Å². The van der Waals surface area contributed by atoms with E-state index in [2.05, 4.69) is 23.6 Å². The Morgan fingerprint density at radius 3 is 2.71 bits per heavy atom. The molecule has 34 heavy (non-hydrogen) atoms. The molecule has 1 aliphatic rings. The van der Waals surface area contributed by atoms with Gasteiger partial charge in [-0.2, -0.15) is 5.26 Å². The Morgan fingerprint density at radius 1 is 1.21 bits per heavy atom. The first-order valence-electron chi connectivity index (χ1n) is 12.6. The van der Waals surface area contributed by atoms with Crippen LogP contribution in [0, 0.1) is 23.2 Å². The lowest BCUT2D eigenvalue weighted by Crippen LogP contribution is -2.50. The number of rotatable bonds is 11. The molecule has 7 heteroatoms. The largest absolute Gasteiger partial charge is 0.380 e. The molecule has 0 spiro atoms.